The van der Waals surface area contributed by atoms with Gasteiger partial charge in [0.15, 0.2) is 20.0 Å². The maximum Gasteiger partial charge on any atom is 0.365 e. The summed E-state index contributed by atoms with van der Waals surface area (Å²) in [7, 11) is 2.55. The number of aryl methyl sites for hydroxylation is 2. The molecule has 0 atom stereocenters. The summed E-state index contributed by atoms with van der Waals surface area (Å²) >= 11 is 6.40. The Bertz CT molecular complexity index is 8760. The molecule has 0 radical (unpaired) electrons. The summed E-state index contributed by atoms with van der Waals surface area (Å²) in [5, 5.41) is 49.6. The number of carbonyl (C=O) groups excluding carboxylic acids is 6. The molecule has 10 aromatic heterocycles. The fourth-order valence-electron chi connectivity index (χ4n) is 14.7. The van der Waals surface area contributed by atoms with Gasteiger partial charge < -0.3 is 67.2 Å². The fraction of sp³-hybridized carbons (Fsp3) is 0.146. The molecule has 11 heterocycles. The van der Waals surface area contributed by atoms with Gasteiger partial charge in [-0.15, -0.1) is 56.7 Å². The Balaban J connectivity index is 0.000000124. The Morgan fingerprint density at radius 3 is 1.03 bits per heavy atom. The fourth-order valence-corrected chi connectivity index (χ4v) is 20.8. The van der Waals surface area contributed by atoms with Crippen molar-refractivity contribution in [1.29, 1.82) is 0 Å². The van der Waals surface area contributed by atoms with Gasteiger partial charge in [0.05, 0.1) is 66.4 Å². The lowest BCUT2D eigenvalue weighted by Gasteiger charge is -2.26. The number of piperazine rings is 1. The van der Waals surface area contributed by atoms with Crippen LogP contribution < -0.4 is 52.8 Å². The Morgan fingerprint density at radius 2 is 0.667 bits per heavy atom. The number of amides is 6. The van der Waals surface area contributed by atoms with Crippen molar-refractivity contribution in [2.24, 2.45) is 10.3 Å². The normalized spacial score (nSPS) is 11.9. The first-order valence-electron chi connectivity index (χ1n) is 43.6. The molecule has 13 N–H and O–H groups in total. The zero-order valence-corrected chi connectivity index (χ0v) is 83.6. The molecule has 144 heavy (non-hydrogen) atoms. The van der Waals surface area contributed by atoms with Crippen LogP contribution in [0.3, 0.4) is 0 Å². The molecule has 0 aliphatic carbocycles. The van der Waals surface area contributed by atoms with Crippen LogP contribution in [0.5, 0.6) is 0 Å². The molecule has 0 spiro atoms. The highest BCUT2D eigenvalue weighted by Gasteiger charge is 2.26. The number of sulfonamides is 2. The average molecular weight is 2060 g/mol. The Morgan fingerprint density at radius 1 is 0.354 bits per heavy atom. The maximum atomic E-state index is 12.9. The summed E-state index contributed by atoms with van der Waals surface area (Å²) in [4.78, 5) is 156. The number of anilines is 12. The highest BCUT2D eigenvalue weighted by Crippen LogP contribution is 2.38. The van der Waals surface area contributed by atoms with Crippen molar-refractivity contribution in [2.45, 2.75) is 37.5 Å². The highest BCUT2D eigenvalue weighted by atomic mass is 32.2. The summed E-state index contributed by atoms with van der Waals surface area (Å²) in [6.45, 7) is 9.88. The predicted octanol–water partition coefficient (Wildman–Crippen LogP) is 15.6. The van der Waals surface area contributed by atoms with Crippen LogP contribution in [0.1, 0.15) is 74.0 Å². The first-order valence-corrected chi connectivity index (χ1v) is 50.7. The number of aromatic carboxylic acids is 1. The van der Waals surface area contributed by atoms with Crippen LogP contribution in [0.2, 0.25) is 0 Å². The van der Waals surface area contributed by atoms with E-state index in [1.165, 1.54) is 109 Å². The molecular formula is C96H85N29O12S7. The van der Waals surface area contributed by atoms with Gasteiger partial charge in [0.2, 0.25) is 66.6 Å². The second-order valence-electron chi connectivity index (χ2n) is 32.9. The van der Waals surface area contributed by atoms with E-state index in [4.69, 9.17) is 20.4 Å². The van der Waals surface area contributed by atoms with Gasteiger partial charge in [-0.25, -0.2) is 107 Å². The summed E-state index contributed by atoms with van der Waals surface area (Å²) in [6, 6.07) is 51.6. The molecule has 10 aromatic carbocycles. The van der Waals surface area contributed by atoms with Gasteiger partial charge in [-0.3, -0.25) is 28.8 Å². The number of hydrogen-bond donors (Lipinski definition) is 11. The van der Waals surface area contributed by atoms with E-state index in [0.717, 1.165) is 92.6 Å². The SMILES string of the molecule is CC(=O)Nc1cccc(Nc2ncc3ccc4nc(C(=O)O)sc4c3n2)c1.CC(=O)Nc1cccc(Nc2ncc3ccc4sc(C(=O)N(C)C)nc4c3n2)c1.CN(C)C(=O)c1nc2c(ccc3cnc(Nc4cccc(S(N)(=O)=O)c4)nc32)s1.Cc1cc(C)cc(Nc2ncc3ccc4nc(C(=O)N(C)C)sc4c3n2)c1.NS(=O)(=O)c1cccc(Nc2ncc3ccc4nc(C(=O)N5CCNCC5)sc4c3n2)c1. The number of aromatic nitrogens is 15. The van der Waals surface area contributed by atoms with E-state index in [2.05, 4.69) is 144 Å². The van der Waals surface area contributed by atoms with Crippen molar-refractivity contribution in [1.82, 2.24) is 99.7 Å². The molecule has 1 aliphatic heterocycles. The van der Waals surface area contributed by atoms with E-state index in [1.807, 2.05) is 72.8 Å². The molecule has 20 aromatic rings. The molecule has 6 amide bonds. The lowest BCUT2D eigenvalue weighted by Crippen LogP contribution is -2.46. The molecule has 1 saturated heterocycles. The van der Waals surface area contributed by atoms with Gasteiger partial charge in [0.1, 0.15) is 22.1 Å². The number of primary sulfonamides is 2. The first-order chi connectivity index (χ1) is 68.9. The van der Waals surface area contributed by atoms with E-state index in [1.54, 1.807) is 139 Å². The molecule has 0 unspecified atom stereocenters. The van der Waals surface area contributed by atoms with E-state index in [-0.39, 0.29) is 56.2 Å². The van der Waals surface area contributed by atoms with Gasteiger partial charge in [0.25, 0.3) is 23.6 Å². The lowest BCUT2D eigenvalue weighted by molar-refractivity contribution is -0.115. The third kappa shape index (κ3) is 23.2. The average Bonchev–Trinajstić information content (AvgIpc) is 1.75. The summed E-state index contributed by atoms with van der Waals surface area (Å²) in [5.74, 6) is -0.00802. The standard InChI is InChI=1S/C20H19N7O3S2.C20H18N6O2S.C20H19N5OS.C18H16N6O3S2.C18H13N5O3S/c21-32(29,30)14-3-1-2-13(10-14)24-20-23-11-12-4-5-15-17(16(12)26-20)31-18(25-15)19(28)27-8-6-22-7-9-27;1-11(27)22-13-5-4-6-14(9-13)23-20-21-10-12-7-8-15-17(16(12)25-20)24-18(29-15)19(28)26(2)3;1-11-7-12(2)9-14(8-11)22-20-21-10-13-5-6-15-17(16(13)24-20)27-18(23-15)19(26)25(3)4;1-24(2)17(25)16-22-15-13(28-16)7-6-10-9-20-18(23-14(10)15)21-11-4-3-5-12(8-11)29(19,26)27;1-9(24)20-11-3-2-4-12(7-11)21-18-19-8-10-5-6-13-15(14(10)23-18)27-16(22-13)17(25)26/h1-5,10-11,22H,6-9H2,(H2,21,29,30)(H,23,24,26);4-10H,1-3H3,(H,22,27)(H,21,23,25);5-10H,1-4H3,(H,21,22,24);3-9H,1-2H3,(H2,19,26,27)(H,20,21,23);2-8H,1H3,(H,20,24)(H,25,26)(H,19,21,23). The number of rotatable bonds is 19. The van der Waals surface area contributed by atoms with Crippen LogP contribution in [0.15, 0.2) is 217 Å². The number of carboxylic acid groups (broad SMARTS) is 1. The number of nitrogens with one attached hydrogen (secondary N) is 8. The van der Waals surface area contributed by atoms with Gasteiger partial charge in [-0.05, 0) is 171 Å². The molecule has 1 fully saturated rings. The van der Waals surface area contributed by atoms with Crippen molar-refractivity contribution in [3.63, 3.8) is 0 Å². The summed E-state index contributed by atoms with van der Waals surface area (Å²) in [6.07, 6.45) is 8.49. The van der Waals surface area contributed by atoms with Crippen molar-refractivity contribution in [3.8, 4) is 0 Å². The van der Waals surface area contributed by atoms with Gasteiger partial charge >= 0.3 is 5.97 Å². The van der Waals surface area contributed by atoms with Crippen molar-refractivity contribution < 1.29 is 55.5 Å². The van der Waals surface area contributed by atoms with Gasteiger partial charge in [0, 0.05) is 180 Å². The number of thiazole rings is 5. The quantitative estimate of drug-likeness (QED) is 0.0358. The van der Waals surface area contributed by atoms with E-state index in [9.17, 15) is 50.4 Å². The lowest BCUT2D eigenvalue weighted by atomic mass is 10.1. The van der Waals surface area contributed by atoms with Crippen LogP contribution in [-0.4, -0.2) is 226 Å². The maximum absolute atomic E-state index is 12.9. The molecular weight excluding hydrogens is 1980 g/mol. The molecule has 0 bridgehead atoms. The number of nitrogens with zero attached hydrogens (tertiary/aromatic N) is 19. The Hall–Kier alpha value is -16.6. The first kappa shape index (κ1) is 99.0. The number of benzene rings is 10. The zero-order chi connectivity index (χ0) is 102. The molecule has 728 valence electrons. The van der Waals surface area contributed by atoms with Crippen molar-refractivity contribution in [3.05, 3.63) is 243 Å². The Labute approximate surface area is 839 Å². The Kier molecular flexibility index (Phi) is 28.9. The number of nitrogens with two attached hydrogens (primary N) is 2. The van der Waals surface area contributed by atoms with E-state index >= 15 is 0 Å². The second kappa shape index (κ2) is 42.1. The summed E-state index contributed by atoms with van der Waals surface area (Å²) < 4.78 is 50.4. The smallest absolute Gasteiger partial charge is 0.365 e. The van der Waals surface area contributed by atoms with Gasteiger partial charge in [-0.1, -0.05) is 30.3 Å². The van der Waals surface area contributed by atoms with Crippen LogP contribution >= 0.6 is 56.7 Å². The zero-order valence-electron chi connectivity index (χ0n) is 77.9. The highest BCUT2D eigenvalue weighted by molar-refractivity contribution is 7.89. The van der Waals surface area contributed by atoms with E-state index < -0.39 is 26.0 Å². The van der Waals surface area contributed by atoms with Crippen LogP contribution in [0.4, 0.5) is 69.6 Å². The topological polar surface area (TPSA) is 563 Å². The molecule has 41 nitrogen and oxygen atoms in total. The molecule has 21 rings (SSSR count). The minimum absolute atomic E-state index is 0.01000. The van der Waals surface area contributed by atoms with Crippen LogP contribution in [0, 0.1) is 13.8 Å². The summed E-state index contributed by atoms with van der Waals surface area (Å²) in [5.41, 5.74) is 13.8. The minimum atomic E-state index is -3.82. The largest absolute Gasteiger partial charge is 0.476 e. The molecule has 1 aliphatic rings. The van der Waals surface area contributed by atoms with E-state index in [0.29, 0.717) is 134 Å². The van der Waals surface area contributed by atoms with Crippen molar-refractivity contribution in [2.75, 3.05) is 106 Å². The second-order valence-corrected chi connectivity index (χ2v) is 41.1. The number of carboxylic acids is 1. The van der Waals surface area contributed by atoms with Crippen molar-refractivity contribution >= 4 is 293 Å². The predicted molar refractivity (Wildman–Crippen MR) is 563 cm³/mol. The minimum Gasteiger partial charge on any atom is -0.476 e. The number of fused-ring (bicyclic) bond motifs is 15. The molecule has 0 saturated carbocycles. The monoisotopic (exact) mass is 2060 g/mol. The number of hydrogen-bond acceptors (Lipinski definition) is 37. The third-order valence-electron chi connectivity index (χ3n) is 21.3. The van der Waals surface area contributed by atoms with Gasteiger partial charge in [-0.2, -0.15) is 0 Å². The number of carbonyl (C=O) groups is 7. The molecule has 48 heteroatoms. The van der Waals surface area contributed by atoms with Crippen LogP contribution in [-0.2, 0) is 29.6 Å². The third-order valence-corrected chi connectivity index (χ3v) is 28.3. The van der Waals surface area contributed by atoms with Crippen LogP contribution in [0.25, 0.3) is 106 Å².